The first kappa shape index (κ1) is 12.7. The predicted octanol–water partition coefficient (Wildman–Crippen LogP) is 2.30. The van der Waals surface area contributed by atoms with E-state index in [9.17, 15) is 4.39 Å². The van der Waals surface area contributed by atoms with E-state index in [4.69, 9.17) is 10.9 Å². The number of nitrogens with two attached hydrogens (primary N) is 1. The quantitative estimate of drug-likeness (QED) is 0.375. The molecule has 3 N–H and O–H groups in total. The normalized spacial score (nSPS) is 17.1. The van der Waals surface area contributed by atoms with Crippen LogP contribution in [0.5, 0.6) is 0 Å². The van der Waals surface area contributed by atoms with E-state index in [2.05, 4.69) is 5.16 Å². The van der Waals surface area contributed by atoms with Crippen LogP contribution in [0, 0.1) is 5.82 Å². The van der Waals surface area contributed by atoms with Crippen molar-refractivity contribution in [3.8, 4) is 0 Å². The summed E-state index contributed by atoms with van der Waals surface area (Å²) < 4.78 is 13.8. The highest BCUT2D eigenvalue weighted by atomic mass is 19.1. The molecule has 0 bridgehead atoms. The van der Waals surface area contributed by atoms with Crippen LogP contribution in [-0.4, -0.2) is 24.1 Å². The number of anilines is 1. The topological polar surface area (TPSA) is 61.8 Å². The van der Waals surface area contributed by atoms with Gasteiger partial charge in [0.2, 0.25) is 0 Å². The van der Waals surface area contributed by atoms with Crippen molar-refractivity contribution >= 4 is 11.5 Å². The van der Waals surface area contributed by atoms with Crippen molar-refractivity contribution in [3.05, 3.63) is 29.6 Å². The minimum Gasteiger partial charge on any atom is -0.409 e. The molecule has 1 aliphatic rings. The van der Waals surface area contributed by atoms with Gasteiger partial charge in [-0.1, -0.05) is 24.1 Å². The van der Waals surface area contributed by atoms with Gasteiger partial charge < -0.3 is 15.8 Å². The summed E-state index contributed by atoms with van der Waals surface area (Å²) in [5, 5.41) is 11.7. The van der Waals surface area contributed by atoms with Crippen molar-refractivity contribution in [2.24, 2.45) is 10.9 Å². The van der Waals surface area contributed by atoms with Crippen LogP contribution in [0.2, 0.25) is 0 Å². The Morgan fingerprint density at radius 1 is 1.44 bits per heavy atom. The largest absolute Gasteiger partial charge is 0.409 e. The average molecular weight is 251 g/mol. The van der Waals surface area contributed by atoms with Gasteiger partial charge in [0.15, 0.2) is 5.84 Å². The number of halogens is 1. The lowest BCUT2D eigenvalue weighted by Crippen LogP contribution is -2.31. The molecule has 1 fully saturated rings. The lowest BCUT2D eigenvalue weighted by Gasteiger charge is -2.28. The summed E-state index contributed by atoms with van der Waals surface area (Å²) in [6.45, 7) is 0. The second kappa shape index (κ2) is 5.25. The smallest absolute Gasteiger partial charge is 0.175 e. The first-order valence-electron chi connectivity index (χ1n) is 6.14. The molecule has 0 saturated heterocycles. The van der Waals surface area contributed by atoms with E-state index in [1.54, 1.807) is 12.1 Å². The van der Waals surface area contributed by atoms with E-state index in [0.717, 1.165) is 12.8 Å². The van der Waals surface area contributed by atoms with Crippen LogP contribution in [0.25, 0.3) is 0 Å². The first-order chi connectivity index (χ1) is 8.65. The van der Waals surface area contributed by atoms with Crippen LogP contribution >= 0.6 is 0 Å². The van der Waals surface area contributed by atoms with Crippen LogP contribution in [0.15, 0.2) is 23.4 Å². The zero-order valence-corrected chi connectivity index (χ0v) is 10.4. The number of nitrogens with zero attached hydrogens (tertiary/aromatic N) is 2. The van der Waals surface area contributed by atoms with Gasteiger partial charge in [-0.25, -0.2) is 4.39 Å². The van der Waals surface area contributed by atoms with E-state index in [0.29, 0.717) is 11.7 Å². The van der Waals surface area contributed by atoms with Crippen molar-refractivity contribution in [2.45, 2.75) is 31.7 Å². The minimum absolute atomic E-state index is 0.175. The van der Waals surface area contributed by atoms with Crippen LogP contribution in [0.1, 0.15) is 31.2 Å². The number of oxime groups is 1. The second-order valence-electron chi connectivity index (χ2n) is 4.67. The van der Waals surface area contributed by atoms with E-state index < -0.39 is 5.82 Å². The fourth-order valence-electron chi connectivity index (χ4n) is 2.60. The maximum Gasteiger partial charge on any atom is 0.175 e. The van der Waals surface area contributed by atoms with Crippen LogP contribution < -0.4 is 10.6 Å². The Kier molecular flexibility index (Phi) is 3.69. The molecule has 5 heteroatoms. The molecule has 98 valence electrons. The Hall–Kier alpha value is -1.78. The molecular weight excluding hydrogens is 233 g/mol. The number of hydrogen-bond donors (Lipinski definition) is 2. The average Bonchev–Trinajstić information content (AvgIpc) is 2.90. The summed E-state index contributed by atoms with van der Waals surface area (Å²) in [5.74, 6) is -0.652. The van der Waals surface area contributed by atoms with Gasteiger partial charge in [-0.2, -0.15) is 0 Å². The van der Waals surface area contributed by atoms with Crippen molar-refractivity contribution in [1.29, 1.82) is 0 Å². The van der Waals surface area contributed by atoms with Gasteiger partial charge in [-0.05, 0) is 25.0 Å². The molecule has 1 aromatic carbocycles. The van der Waals surface area contributed by atoms with Crippen LogP contribution in [-0.2, 0) is 0 Å². The van der Waals surface area contributed by atoms with Gasteiger partial charge >= 0.3 is 0 Å². The summed E-state index contributed by atoms with van der Waals surface area (Å²) in [4.78, 5) is 2.03. The number of hydrogen-bond acceptors (Lipinski definition) is 3. The third-order valence-corrected chi connectivity index (χ3v) is 3.61. The third-order valence-electron chi connectivity index (χ3n) is 3.61. The van der Waals surface area contributed by atoms with Crippen molar-refractivity contribution < 1.29 is 9.60 Å². The summed E-state index contributed by atoms with van der Waals surface area (Å²) in [6.07, 6.45) is 4.59. The molecule has 18 heavy (non-hydrogen) atoms. The molecule has 4 nitrogen and oxygen atoms in total. The van der Waals surface area contributed by atoms with E-state index in [1.165, 1.54) is 18.9 Å². The molecule has 1 aromatic rings. The SMILES string of the molecule is CN(c1cccc(F)c1C(N)=NO)C1CCCC1. The highest BCUT2D eigenvalue weighted by Crippen LogP contribution is 2.30. The fraction of sp³-hybridized carbons (Fsp3) is 0.462. The van der Waals surface area contributed by atoms with Crippen molar-refractivity contribution in [1.82, 2.24) is 0 Å². The zero-order chi connectivity index (χ0) is 13.1. The maximum absolute atomic E-state index is 13.8. The molecular formula is C13H18FN3O. The summed E-state index contributed by atoms with van der Waals surface area (Å²) in [5.41, 5.74) is 6.42. The molecule has 0 amide bonds. The maximum atomic E-state index is 13.8. The highest BCUT2D eigenvalue weighted by Gasteiger charge is 2.23. The van der Waals surface area contributed by atoms with Gasteiger partial charge in [0.25, 0.3) is 0 Å². The fourth-order valence-corrected chi connectivity index (χ4v) is 2.60. The Bertz CT molecular complexity index is 456. The number of amidine groups is 1. The predicted molar refractivity (Wildman–Crippen MR) is 69.6 cm³/mol. The van der Waals surface area contributed by atoms with Crippen LogP contribution in [0.4, 0.5) is 10.1 Å². The second-order valence-corrected chi connectivity index (χ2v) is 4.67. The van der Waals surface area contributed by atoms with E-state index in [1.807, 2.05) is 11.9 Å². The summed E-state index contributed by atoms with van der Waals surface area (Å²) >= 11 is 0. The molecule has 1 aliphatic carbocycles. The van der Waals surface area contributed by atoms with Gasteiger partial charge in [0.05, 0.1) is 11.3 Å². The monoisotopic (exact) mass is 251 g/mol. The molecule has 0 spiro atoms. The molecule has 0 aromatic heterocycles. The number of benzene rings is 1. The van der Waals surface area contributed by atoms with E-state index >= 15 is 0 Å². The highest BCUT2D eigenvalue weighted by molar-refractivity contribution is 6.02. The zero-order valence-electron chi connectivity index (χ0n) is 10.4. The lowest BCUT2D eigenvalue weighted by atomic mass is 10.1. The Balaban J connectivity index is 2.40. The molecule has 0 radical (unpaired) electrons. The number of rotatable bonds is 3. The van der Waals surface area contributed by atoms with Gasteiger partial charge in [-0.15, -0.1) is 0 Å². The molecule has 0 unspecified atom stereocenters. The molecule has 1 saturated carbocycles. The van der Waals surface area contributed by atoms with Crippen molar-refractivity contribution in [3.63, 3.8) is 0 Å². The third kappa shape index (κ3) is 2.25. The minimum atomic E-state index is -0.465. The molecule has 0 heterocycles. The van der Waals surface area contributed by atoms with Crippen molar-refractivity contribution in [2.75, 3.05) is 11.9 Å². The standard InChI is InChI=1S/C13H18FN3O/c1-17(9-5-2-3-6-9)11-8-4-7-10(14)12(11)13(15)16-18/h4,7-9,18H,2-3,5-6H2,1H3,(H2,15,16). The Morgan fingerprint density at radius 3 is 2.72 bits per heavy atom. The van der Waals surface area contributed by atoms with Gasteiger partial charge in [-0.3, -0.25) is 0 Å². The molecule has 2 rings (SSSR count). The Morgan fingerprint density at radius 2 is 2.11 bits per heavy atom. The summed E-state index contributed by atoms with van der Waals surface area (Å²) in [6, 6.07) is 5.16. The van der Waals surface area contributed by atoms with Gasteiger partial charge in [0, 0.05) is 13.1 Å². The lowest BCUT2D eigenvalue weighted by molar-refractivity contribution is 0.318. The molecule has 0 aliphatic heterocycles. The molecule has 0 atom stereocenters. The Labute approximate surface area is 106 Å². The van der Waals surface area contributed by atoms with Gasteiger partial charge in [0.1, 0.15) is 5.82 Å². The van der Waals surface area contributed by atoms with E-state index in [-0.39, 0.29) is 11.4 Å². The summed E-state index contributed by atoms with van der Waals surface area (Å²) in [7, 11) is 1.93. The van der Waals surface area contributed by atoms with Crippen LogP contribution in [0.3, 0.4) is 0 Å². The first-order valence-corrected chi connectivity index (χ1v) is 6.14.